The van der Waals surface area contributed by atoms with Crippen molar-refractivity contribution in [2.45, 2.75) is 0 Å². The van der Waals surface area contributed by atoms with Crippen LogP contribution in [-0.2, 0) is 0 Å². The minimum atomic E-state index is 1.10. The standard InChI is InChI=1S/C56H39N/c1-3-13-45(14-4-1)56-39-48(32-37-55(56)49-27-24-40-12-7-8-16-47(40)38-49)43-30-35-52(36-31-43)57(50-18-5-2-6-19-50)51-33-28-42(29-34-51)41-22-25-46(26-23-41)54-21-11-17-44-15-9-10-20-53(44)54/h1-39H. The lowest BCUT2D eigenvalue weighted by molar-refractivity contribution is 1.28. The fourth-order valence-corrected chi connectivity index (χ4v) is 8.14. The van der Waals surface area contributed by atoms with Crippen LogP contribution >= 0.6 is 0 Å². The van der Waals surface area contributed by atoms with Crippen molar-refractivity contribution >= 4 is 38.6 Å². The Bertz CT molecular complexity index is 2960. The molecular weight excluding hydrogens is 687 g/mol. The largest absolute Gasteiger partial charge is 0.311 e. The molecule has 0 bridgehead atoms. The maximum Gasteiger partial charge on any atom is 0.0462 e. The van der Waals surface area contributed by atoms with E-state index < -0.39 is 0 Å². The van der Waals surface area contributed by atoms with Crippen LogP contribution in [0.25, 0.3) is 77.2 Å². The maximum atomic E-state index is 2.34. The zero-order valence-corrected chi connectivity index (χ0v) is 31.5. The van der Waals surface area contributed by atoms with Gasteiger partial charge in [-0.05, 0) is 126 Å². The Labute approximate surface area is 334 Å². The molecule has 0 aliphatic heterocycles. The second kappa shape index (κ2) is 15.0. The summed E-state index contributed by atoms with van der Waals surface area (Å²) in [5.41, 5.74) is 15.4. The minimum absolute atomic E-state index is 1.10. The molecule has 0 saturated carbocycles. The molecule has 0 radical (unpaired) electrons. The molecule has 0 unspecified atom stereocenters. The van der Waals surface area contributed by atoms with E-state index >= 15 is 0 Å². The van der Waals surface area contributed by atoms with Crippen LogP contribution in [0.3, 0.4) is 0 Å². The van der Waals surface area contributed by atoms with E-state index in [0.29, 0.717) is 0 Å². The first-order chi connectivity index (χ1) is 28.2. The smallest absolute Gasteiger partial charge is 0.0462 e. The van der Waals surface area contributed by atoms with Crippen LogP contribution in [0.1, 0.15) is 0 Å². The Balaban J connectivity index is 0.960. The van der Waals surface area contributed by atoms with Gasteiger partial charge in [-0.1, -0.05) is 188 Å². The Morgan fingerprint density at radius 3 is 1.39 bits per heavy atom. The third kappa shape index (κ3) is 6.77. The summed E-state index contributed by atoms with van der Waals surface area (Å²) in [6, 6.07) is 85.5. The molecule has 1 nitrogen and oxygen atoms in total. The van der Waals surface area contributed by atoms with Crippen molar-refractivity contribution in [1.29, 1.82) is 0 Å². The predicted octanol–water partition coefficient (Wildman–Crippen LogP) is 15.8. The van der Waals surface area contributed by atoms with Crippen LogP contribution in [0.4, 0.5) is 17.1 Å². The molecular formula is C56H39N. The van der Waals surface area contributed by atoms with Gasteiger partial charge in [0.15, 0.2) is 0 Å². The number of anilines is 3. The van der Waals surface area contributed by atoms with E-state index in [1.54, 1.807) is 0 Å². The molecule has 0 saturated heterocycles. The summed E-state index contributed by atoms with van der Waals surface area (Å²) in [4.78, 5) is 2.33. The van der Waals surface area contributed by atoms with Gasteiger partial charge in [-0.25, -0.2) is 0 Å². The third-order valence-electron chi connectivity index (χ3n) is 11.1. The van der Waals surface area contributed by atoms with Crippen LogP contribution in [0, 0.1) is 0 Å². The fraction of sp³-hybridized carbons (Fsp3) is 0. The Morgan fingerprint density at radius 2 is 0.684 bits per heavy atom. The highest BCUT2D eigenvalue weighted by Crippen LogP contribution is 2.40. The number of hydrogen-bond acceptors (Lipinski definition) is 1. The van der Waals surface area contributed by atoms with Crippen LogP contribution < -0.4 is 4.90 Å². The lowest BCUT2D eigenvalue weighted by atomic mass is 9.90. The van der Waals surface area contributed by atoms with Crippen molar-refractivity contribution in [2.75, 3.05) is 4.90 Å². The first-order valence-electron chi connectivity index (χ1n) is 19.6. The van der Waals surface area contributed by atoms with E-state index in [1.807, 2.05) is 0 Å². The second-order valence-corrected chi connectivity index (χ2v) is 14.6. The molecule has 0 aliphatic rings. The molecule has 0 aromatic heterocycles. The summed E-state index contributed by atoms with van der Waals surface area (Å²) >= 11 is 0. The number of para-hydroxylation sites is 1. The zero-order chi connectivity index (χ0) is 38.0. The van der Waals surface area contributed by atoms with Crippen molar-refractivity contribution < 1.29 is 0 Å². The third-order valence-corrected chi connectivity index (χ3v) is 11.1. The number of nitrogens with zero attached hydrogens (tertiary/aromatic N) is 1. The first-order valence-corrected chi connectivity index (χ1v) is 19.6. The van der Waals surface area contributed by atoms with Crippen molar-refractivity contribution in [3.63, 3.8) is 0 Å². The van der Waals surface area contributed by atoms with Crippen molar-refractivity contribution in [3.8, 4) is 55.6 Å². The van der Waals surface area contributed by atoms with Crippen LogP contribution in [0.5, 0.6) is 0 Å². The van der Waals surface area contributed by atoms with E-state index in [9.17, 15) is 0 Å². The summed E-state index contributed by atoms with van der Waals surface area (Å²) in [6.45, 7) is 0. The van der Waals surface area contributed by atoms with Gasteiger partial charge < -0.3 is 4.90 Å². The normalized spacial score (nSPS) is 11.2. The number of hydrogen-bond donors (Lipinski definition) is 0. The van der Waals surface area contributed by atoms with Crippen molar-refractivity contribution in [3.05, 3.63) is 237 Å². The molecule has 268 valence electrons. The number of fused-ring (bicyclic) bond motifs is 2. The molecule has 1 heteroatoms. The summed E-state index contributed by atoms with van der Waals surface area (Å²) in [6.07, 6.45) is 0. The van der Waals surface area contributed by atoms with Crippen LogP contribution in [0.15, 0.2) is 237 Å². The highest BCUT2D eigenvalue weighted by Gasteiger charge is 2.15. The quantitative estimate of drug-likeness (QED) is 0.151. The molecule has 0 aliphatic carbocycles. The molecule has 0 atom stereocenters. The average molecular weight is 726 g/mol. The van der Waals surface area contributed by atoms with Crippen molar-refractivity contribution in [1.82, 2.24) is 0 Å². The topological polar surface area (TPSA) is 3.24 Å². The fourth-order valence-electron chi connectivity index (χ4n) is 8.14. The van der Waals surface area contributed by atoms with Gasteiger partial charge in [0.05, 0.1) is 0 Å². The van der Waals surface area contributed by atoms with Gasteiger partial charge in [0.2, 0.25) is 0 Å². The van der Waals surface area contributed by atoms with E-state index in [0.717, 1.165) is 17.1 Å². The maximum absolute atomic E-state index is 2.34. The monoisotopic (exact) mass is 725 g/mol. The first kappa shape index (κ1) is 34.0. The van der Waals surface area contributed by atoms with Gasteiger partial charge in [0.1, 0.15) is 0 Å². The summed E-state index contributed by atoms with van der Waals surface area (Å²) in [5, 5.41) is 5.04. The molecule has 0 N–H and O–H groups in total. The molecule has 0 fully saturated rings. The second-order valence-electron chi connectivity index (χ2n) is 14.6. The van der Waals surface area contributed by atoms with Gasteiger partial charge >= 0.3 is 0 Å². The van der Waals surface area contributed by atoms with Crippen LogP contribution in [-0.4, -0.2) is 0 Å². The van der Waals surface area contributed by atoms with E-state index in [2.05, 4.69) is 241 Å². The summed E-state index contributed by atoms with van der Waals surface area (Å²) in [7, 11) is 0. The SMILES string of the molecule is c1ccc(-c2cc(-c3ccc(N(c4ccccc4)c4ccc(-c5ccc(-c6cccc7ccccc67)cc5)cc4)cc3)ccc2-c2ccc3ccccc3c2)cc1. The van der Waals surface area contributed by atoms with Crippen molar-refractivity contribution in [2.24, 2.45) is 0 Å². The zero-order valence-electron chi connectivity index (χ0n) is 31.5. The number of rotatable bonds is 8. The van der Waals surface area contributed by atoms with Gasteiger partial charge in [-0.15, -0.1) is 0 Å². The molecule has 10 aromatic carbocycles. The lowest BCUT2D eigenvalue weighted by Gasteiger charge is -2.26. The minimum Gasteiger partial charge on any atom is -0.311 e. The average Bonchev–Trinajstić information content (AvgIpc) is 3.30. The highest BCUT2D eigenvalue weighted by atomic mass is 15.1. The molecule has 10 rings (SSSR count). The lowest BCUT2D eigenvalue weighted by Crippen LogP contribution is -2.09. The summed E-state index contributed by atoms with van der Waals surface area (Å²) < 4.78 is 0. The molecule has 0 amide bonds. The molecule has 0 heterocycles. The highest BCUT2D eigenvalue weighted by molar-refractivity contribution is 5.97. The van der Waals surface area contributed by atoms with Gasteiger partial charge in [-0.3, -0.25) is 0 Å². The molecule has 57 heavy (non-hydrogen) atoms. The Morgan fingerprint density at radius 1 is 0.211 bits per heavy atom. The Kier molecular flexibility index (Phi) is 8.95. The van der Waals surface area contributed by atoms with E-state index in [1.165, 1.54) is 77.2 Å². The van der Waals surface area contributed by atoms with E-state index in [4.69, 9.17) is 0 Å². The summed E-state index contributed by atoms with van der Waals surface area (Å²) in [5.74, 6) is 0. The van der Waals surface area contributed by atoms with Gasteiger partial charge in [0.25, 0.3) is 0 Å². The predicted molar refractivity (Wildman–Crippen MR) is 243 cm³/mol. The Hall–Kier alpha value is -7.48. The van der Waals surface area contributed by atoms with Crippen LogP contribution in [0.2, 0.25) is 0 Å². The van der Waals surface area contributed by atoms with Gasteiger partial charge in [-0.2, -0.15) is 0 Å². The van der Waals surface area contributed by atoms with Gasteiger partial charge in [0, 0.05) is 17.1 Å². The number of benzene rings is 10. The van der Waals surface area contributed by atoms with E-state index in [-0.39, 0.29) is 0 Å². The molecule has 0 spiro atoms. The molecule has 10 aromatic rings.